The van der Waals surface area contributed by atoms with Crippen LogP contribution in [0.2, 0.25) is 0 Å². The van der Waals surface area contributed by atoms with Gasteiger partial charge in [-0.25, -0.2) is 9.37 Å². The van der Waals surface area contributed by atoms with E-state index in [0.29, 0.717) is 31.4 Å². The fourth-order valence-corrected chi connectivity index (χ4v) is 6.74. The Morgan fingerprint density at radius 3 is 2.38 bits per heavy atom. The van der Waals surface area contributed by atoms with Crippen molar-refractivity contribution in [1.29, 1.82) is 0 Å². The Bertz CT molecular complexity index is 686. The Kier molecular flexibility index (Phi) is 3.77. The molecule has 1 aromatic rings. The van der Waals surface area contributed by atoms with Crippen molar-refractivity contribution >= 4 is 11.7 Å². The van der Waals surface area contributed by atoms with Gasteiger partial charge in [0.15, 0.2) is 11.6 Å². The molecule has 5 fully saturated rings. The maximum atomic E-state index is 14.1. The predicted molar refractivity (Wildman–Crippen MR) is 98.2 cm³/mol. The summed E-state index contributed by atoms with van der Waals surface area (Å²) in [6.07, 6.45) is 9.04. The minimum absolute atomic E-state index is 0.0819. The zero-order chi connectivity index (χ0) is 17.9. The van der Waals surface area contributed by atoms with Crippen LogP contribution in [0, 0.1) is 29.0 Å². The van der Waals surface area contributed by atoms with Gasteiger partial charge in [0.05, 0.1) is 5.41 Å². The van der Waals surface area contributed by atoms with Crippen LogP contribution >= 0.6 is 0 Å². The number of nitrogens with zero attached hydrogens (tertiary/aromatic N) is 3. The summed E-state index contributed by atoms with van der Waals surface area (Å²) in [5.74, 6) is 2.88. The average Bonchev–Trinajstić information content (AvgIpc) is 2.60. The maximum absolute atomic E-state index is 14.1. The van der Waals surface area contributed by atoms with Crippen LogP contribution in [0.25, 0.3) is 0 Å². The lowest BCUT2D eigenvalue weighted by atomic mass is 9.49. The highest BCUT2D eigenvalue weighted by Gasteiger charge is 2.56. The number of rotatable bonds is 2. The van der Waals surface area contributed by atoms with Crippen molar-refractivity contribution in [3.05, 3.63) is 24.1 Å². The van der Waals surface area contributed by atoms with Gasteiger partial charge in [0.2, 0.25) is 5.91 Å². The second-order valence-corrected chi connectivity index (χ2v) is 9.30. The number of carbonyl (C=O) groups excluding carboxylic acids is 1. The Morgan fingerprint density at radius 2 is 1.81 bits per heavy atom. The highest BCUT2D eigenvalue weighted by Crippen LogP contribution is 2.60. The molecule has 26 heavy (non-hydrogen) atoms. The Hall–Kier alpha value is -1.65. The number of carbonyl (C=O) groups is 1. The molecule has 0 N–H and O–H groups in total. The molecule has 0 spiro atoms. The molecular formula is C21H28FN3O. The molecule has 0 unspecified atom stereocenters. The second-order valence-electron chi connectivity index (χ2n) is 9.30. The van der Waals surface area contributed by atoms with Gasteiger partial charge in [-0.2, -0.15) is 0 Å². The van der Waals surface area contributed by atoms with Crippen LogP contribution in [0.1, 0.15) is 45.4 Å². The van der Waals surface area contributed by atoms with E-state index < -0.39 is 0 Å². The molecule has 1 aromatic heterocycles. The second kappa shape index (κ2) is 5.93. The zero-order valence-corrected chi connectivity index (χ0v) is 15.5. The summed E-state index contributed by atoms with van der Waals surface area (Å²) in [6, 6.07) is 3.18. The summed E-state index contributed by atoms with van der Waals surface area (Å²) in [7, 11) is 0. The van der Waals surface area contributed by atoms with E-state index in [1.54, 1.807) is 12.3 Å². The fourth-order valence-electron chi connectivity index (χ4n) is 6.74. The van der Waals surface area contributed by atoms with E-state index in [4.69, 9.17) is 0 Å². The van der Waals surface area contributed by atoms with Crippen LogP contribution in [-0.4, -0.2) is 41.5 Å². The van der Waals surface area contributed by atoms with E-state index >= 15 is 0 Å². The maximum Gasteiger partial charge on any atom is 0.229 e. The molecule has 1 aliphatic heterocycles. The van der Waals surface area contributed by atoms with Crippen molar-refractivity contribution < 1.29 is 9.18 Å². The minimum Gasteiger partial charge on any atom is -0.350 e. The molecule has 2 heterocycles. The van der Waals surface area contributed by atoms with Crippen molar-refractivity contribution in [2.45, 2.75) is 51.5 Å². The highest BCUT2D eigenvalue weighted by atomic mass is 19.1. The number of piperazine rings is 1. The Labute approximate surface area is 154 Å². The fraction of sp³-hybridized carbons (Fsp3) is 0.714. The quantitative estimate of drug-likeness (QED) is 0.813. The molecule has 5 heteroatoms. The van der Waals surface area contributed by atoms with Gasteiger partial charge in [0, 0.05) is 31.9 Å². The first-order valence-corrected chi connectivity index (χ1v) is 10.2. The summed E-state index contributed by atoms with van der Waals surface area (Å²) in [5.41, 5.74) is -0.0819. The summed E-state index contributed by atoms with van der Waals surface area (Å²) < 4.78 is 14.1. The van der Waals surface area contributed by atoms with Crippen molar-refractivity contribution in [3.8, 4) is 0 Å². The van der Waals surface area contributed by atoms with Gasteiger partial charge >= 0.3 is 0 Å². The third-order valence-corrected chi connectivity index (χ3v) is 7.42. The van der Waals surface area contributed by atoms with Gasteiger partial charge in [0.25, 0.3) is 0 Å². The standard InChI is InChI=1S/C21H28FN3O/c1-14-13-24(19-18(22)3-2-4-23-19)5-6-25(14)20(26)21-10-15-7-16(11-21)9-17(8-15)12-21/h2-4,14-17H,5-13H2,1H3/t14-,15?,16?,17?,21?/m1/s1. The number of anilines is 1. The van der Waals surface area contributed by atoms with E-state index in [1.165, 1.54) is 25.3 Å². The Morgan fingerprint density at radius 1 is 1.15 bits per heavy atom. The molecule has 1 saturated heterocycles. The van der Waals surface area contributed by atoms with E-state index in [-0.39, 0.29) is 17.3 Å². The van der Waals surface area contributed by atoms with Crippen molar-refractivity contribution in [2.75, 3.05) is 24.5 Å². The normalized spacial score (nSPS) is 38.7. The summed E-state index contributed by atoms with van der Waals surface area (Å²) >= 11 is 0. The van der Waals surface area contributed by atoms with Crippen LogP contribution < -0.4 is 4.90 Å². The van der Waals surface area contributed by atoms with E-state index in [0.717, 1.165) is 37.0 Å². The van der Waals surface area contributed by atoms with Gasteiger partial charge in [-0.1, -0.05) is 0 Å². The SMILES string of the molecule is C[C@@H]1CN(c2ncccc2F)CCN1C(=O)C12CC3CC(CC(C3)C1)C2. The largest absolute Gasteiger partial charge is 0.350 e. The highest BCUT2D eigenvalue weighted by molar-refractivity contribution is 5.84. The summed E-state index contributed by atoms with van der Waals surface area (Å²) in [6.45, 7) is 4.10. The smallest absolute Gasteiger partial charge is 0.229 e. The number of halogens is 1. The van der Waals surface area contributed by atoms with Crippen LogP contribution in [-0.2, 0) is 4.79 Å². The molecule has 6 rings (SSSR count). The lowest BCUT2D eigenvalue weighted by Gasteiger charge is -2.57. The lowest BCUT2D eigenvalue weighted by molar-refractivity contribution is -0.160. The van der Waals surface area contributed by atoms with Gasteiger partial charge < -0.3 is 9.80 Å². The van der Waals surface area contributed by atoms with Crippen molar-refractivity contribution in [3.63, 3.8) is 0 Å². The monoisotopic (exact) mass is 357 g/mol. The third kappa shape index (κ3) is 2.54. The predicted octanol–water partition coefficient (Wildman–Crippen LogP) is 3.47. The van der Waals surface area contributed by atoms with Gasteiger partial charge in [0.1, 0.15) is 0 Å². The lowest BCUT2D eigenvalue weighted by Crippen LogP contribution is -2.61. The van der Waals surface area contributed by atoms with Gasteiger partial charge in [-0.05, 0) is 75.3 Å². The van der Waals surface area contributed by atoms with E-state index in [2.05, 4.69) is 16.8 Å². The van der Waals surface area contributed by atoms with E-state index in [1.807, 2.05) is 4.90 Å². The van der Waals surface area contributed by atoms with Crippen molar-refractivity contribution in [1.82, 2.24) is 9.88 Å². The van der Waals surface area contributed by atoms with Crippen molar-refractivity contribution in [2.24, 2.45) is 23.2 Å². The van der Waals surface area contributed by atoms with Gasteiger partial charge in [-0.15, -0.1) is 0 Å². The van der Waals surface area contributed by atoms with Gasteiger partial charge in [-0.3, -0.25) is 4.79 Å². The molecular weight excluding hydrogens is 329 g/mol. The molecule has 1 amide bonds. The molecule has 4 aliphatic carbocycles. The van der Waals surface area contributed by atoms with Crippen LogP contribution in [0.3, 0.4) is 0 Å². The molecule has 4 saturated carbocycles. The Balaban J connectivity index is 1.33. The molecule has 0 aromatic carbocycles. The molecule has 5 aliphatic rings. The number of aromatic nitrogens is 1. The molecule has 1 atom stereocenters. The van der Waals surface area contributed by atoms with Crippen LogP contribution in [0.5, 0.6) is 0 Å². The summed E-state index contributed by atoms with van der Waals surface area (Å²) in [5, 5.41) is 0. The number of pyridine rings is 1. The van der Waals surface area contributed by atoms with Crippen LogP contribution in [0.4, 0.5) is 10.2 Å². The first-order chi connectivity index (χ1) is 12.5. The topological polar surface area (TPSA) is 36.4 Å². The van der Waals surface area contributed by atoms with E-state index in [9.17, 15) is 9.18 Å². The third-order valence-electron chi connectivity index (χ3n) is 7.42. The van der Waals surface area contributed by atoms with Crippen LogP contribution in [0.15, 0.2) is 18.3 Å². The molecule has 140 valence electrons. The summed E-state index contributed by atoms with van der Waals surface area (Å²) in [4.78, 5) is 21.9. The molecule has 4 nitrogen and oxygen atoms in total. The number of hydrogen-bond donors (Lipinski definition) is 0. The molecule has 0 radical (unpaired) electrons. The number of amides is 1. The average molecular weight is 357 g/mol. The molecule has 4 bridgehead atoms. The minimum atomic E-state index is -0.277. The first-order valence-electron chi connectivity index (χ1n) is 10.2. The zero-order valence-electron chi connectivity index (χ0n) is 15.5. The number of hydrogen-bond acceptors (Lipinski definition) is 3. The first kappa shape index (κ1) is 16.5.